The third-order valence-electron chi connectivity index (χ3n) is 2.27. The first-order chi connectivity index (χ1) is 9.22. The maximum Gasteiger partial charge on any atom is 0.153 e. The predicted molar refractivity (Wildman–Crippen MR) is 77.4 cm³/mol. The van der Waals surface area contributed by atoms with E-state index in [4.69, 9.17) is 4.79 Å². The van der Waals surface area contributed by atoms with Crippen molar-refractivity contribution in [2.45, 2.75) is 33.6 Å². The molecule has 1 aliphatic heterocycles. The third kappa shape index (κ3) is 11.2. The van der Waals surface area contributed by atoms with Gasteiger partial charge < -0.3 is 9.69 Å². The number of aldehydes is 1. The Kier molecular flexibility index (Phi) is 15.0. The van der Waals surface area contributed by atoms with Crippen LogP contribution in [0.1, 0.15) is 42.9 Å². The lowest BCUT2D eigenvalue weighted by molar-refractivity contribution is -0.0979. The molecule has 1 aromatic rings. The van der Waals surface area contributed by atoms with Crippen LogP contribution in [0.5, 0.6) is 0 Å². The van der Waals surface area contributed by atoms with Crippen LogP contribution in [0.3, 0.4) is 0 Å². The zero-order valence-electron chi connectivity index (χ0n) is 12.4. The third-order valence-corrected chi connectivity index (χ3v) is 2.27. The summed E-state index contributed by atoms with van der Waals surface area (Å²) in [6.45, 7) is 10.4. The second-order valence-corrected chi connectivity index (χ2v) is 3.69. The summed E-state index contributed by atoms with van der Waals surface area (Å²) in [4.78, 5) is 28.0. The van der Waals surface area contributed by atoms with Gasteiger partial charge in [-0.05, 0) is 39.9 Å². The highest BCUT2D eigenvalue weighted by molar-refractivity contribution is 5.73. The van der Waals surface area contributed by atoms with Crippen LogP contribution in [0.4, 0.5) is 0 Å². The van der Waals surface area contributed by atoms with E-state index in [-0.39, 0.29) is 0 Å². The van der Waals surface area contributed by atoms with E-state index in [1.54, 1.807) is 6.92 Å². The summed E-state index contributed by atoms with van der Waals surface area (Å²) < 4.78 is 0. The van der Waals surface area contributed by atoms with Crippen molar-refractivity contribution in [2.75, 3.05) is 20.1 Å². The van der Waals surface area contributed by atoms with Gasteiger partial charge in [0.15, 0.2) is 6.29 Å². The summed E-state index contributed by atoms with van der Waals surface area (Å²) in [5.74, 6) is 0.681. The zero-order chi connectivity index (χ0) is 15.1. The fourth-order valence-corrected chi connectivity index (χ4v) is 1.34. The Morgan fingerprint density at radius 1 is 1.16 bits per heavy atom. The molecule has 0 atom stereocenters. The van der Waals surface area contributed by atoms with Crippen molar-refractivity contribution in [3.63, 3.8) is 0 Å². The van der Waals surface area contributed by atoms with Gasteiger partial charge in [-0.3, -0.25) is 4.79 Å². The number of likely N-dealkylation sites (tertiary alicyclic amines) is 1. The summed E-state index contributed by atoms with van der Waals surface area (Å²) in [5, 5.41) is 0. The Balaban J connectivity index is 0. The molecule has 19 heavy (non-hydrogen) atoms. The van der Waals surface area contributed by atoms with E-state index < -0.39 is 0 Å². The molecule has 0 unspecified atom stereocenters. The van der Waals surface area contributed by atoms with Crippen LogP contribution in [-0.4, -0.2) is 48.1 Å². The second kappa shape index (κ2) is 14.4. The average molecular weight is 267 g/mol. The second-order valence-electron chi connectivity index (χ2n) is 3.69. The van der Waals surface area contributed by atoms with Crippen LogP contribution in [0.25, 0.3) is 0 Å². The molecule has 0 radical (unpaired) electrons. The molecule has 0 aliphatic carbocycles. The quantitative estimate of drug-likeness (QED) is 0.730. The minimum absolute atomic E-state index is 0.514. The largest absolute Gasteiger partial charge is 0.307 e. The molecule has 2 rings (SSSR count). The summed E-state index contributed by atoms with van der Waals surface area (Å²) in [6.07, 6.45) is 6.54. The number of carbonyl (C=O) groups excluding carboxylic acids is 2. The molecule has 1 aliphatic rings. The fraction of sp³-hybridized carbons (Fsp3) is 0.571. The maximum atomic E-state index is 10.0. The van der Waals surface area contributed by atoms with E-state index in [1.165, 1.54) is 38.3 Å². The highest BCUT2D eigenvalue weighted by Crippen LogP contribution is 2.02. The van der Waals surface area contributed by atoms with Crippen LogP contribution in [0, 0.1) is 6.92 Å². The standard InChI is InChI=1S/C6H6N2O.C5H11N.C2H6.CH2O/c1-5-7-2-6(4-9)3-8-5;1-6-4-2-3-5-6;2*1-2/h2-4H,1H3;2-5H2,1H3;1-2H3;1H2. The highest BCUT2D eigenvalue weighted by Gasteiger charge is 2.03. The molecule has 108 valence electrons. The number of aromatic nitrogens is 2. The first-order valence-electron chi connectivity index (χ1n) is 6.43. The molecule has 0 aromatic carbocycles. The smallest absolute Gasteiger partial charge is 0.153 e. The van der Waals surface area contributed by atoms with E-state index in [2.05, 4.69) is 21.9 Å². The Morgan fingerprint density at radius 3 is 1.84 bits per heavy atom. The molecule has 5 nitrogen and oxygen atoms in total. The maximum absolute atomic E-state index is 10.0. The number of hydrogen-bond acceptors (Lipinski definition) is 5. The topological polar surface area (TPSA) is 63.2 Å². The summed E-state index contributed by atoms with van der Waals surface area (Å²) in [5.41, 5.74) is 0.514. The van der Waals surface area contributed by atoms with Crippen molar-refractivity contribution in [3.05, 3.63) is 23.8 Å². The Hall–Kier alpha value is -1.62. The van der Waals surface area contributed by atoms with Gasteiger partial charge in [0.1, 0.15) is 12.6 Å². The number of aryl methyl sites for hydroxylation is 1. The van der Waals surface area contributed by atoms with Gasteiger partial charge in [-0.25, -0.2) is 9.97 Å². The van der Waals surface area contributed by atoms with E-state index in [0.29, 0.717) is 11.4 Å². The first-order valence-corrected chi connectivity index (χ1v) is 6.43. The van der Waals surface area contributed by atoms with Crippen molar-refractivity contribution in [1.29, 1.82) is 0 Å². The van der Waals surface area contributed by atoms with Crippen LogP contribution >= 0.6 is 0 Å². The normalized spacial score (nSPS) is 12.8. The summed E-state index contributed by atoms with van der Waals surface area (Å²) in [7, 11) is 2.17. The van der Waals surface area contributed by atoms with Gasteiger partial charge >= 0.3 is 0 Å². The van der Waals surface area contributed by atoms with Gasteiger partial charge in [0.05, 0.1) is 5.56 Å². The molecule has 0 saturated carbocycles. The lowest BCUT2D eigenvalue weighted by Crippen LogP contribution is -2.10. The minimum atomic E-state index is 0.514. The van der Waals surface area contributed by atoms with Gasteiger partial charge in [0.25, 0.3) is 0 Å². The SMILES string of the molecule is C=O.CC.CN1CCCC1.Cc1ncc(C=O)cn1. The lowest BCUT2D eigenvalue weighted by Gasteiger charge is -2.01. The molecule has 0 amide bonds. The van der Waals surface area contributed by atoms with E-state index in [1.807, 2.05) is 20.6 Å². The molecular formula is C14H25N3O2. The van der Waals surface area contributed by atoms with Gasteiger partial charge in [-0.2, -0.15) is 0 Å². The zero-order valence-corrected chi connectivity index (χ0v) is 12.4. The Morgan fingerprint density at radius 2 is 1.58 bits per heavy atom. The van der Waals surface area contributed by atoms with E-state index in [9.17, 15) is 4.79 Å². The molecular weight excluding hydrogens is 242 g/mol. The van der Waals surface area contributed by atoms with Crippen molar-refractivity contribution >= 4 is 13.1 Å². The van der Waals surface area contributed by atoms with Gasteiger partial charge in [-0.1, -0.05) is 13.8 Å². The monoisotopic (exact) mass is 267 g/mol. The van der Waals surface area contributed by atoms with Gasteiger partial charge in [0, 0.05) is 12.4 Å². The first kappa shape index (κ1) is 19.7. The Labute approximate surface area is 116 Å². The number of hydrogen-bond donors (Lipinski definition) is 0. The minimum Gasteiger partial charge on any atom is -0.307 e. The van der Waals surface area contributed by atoms with Gasteiger partial charge in [-0.15, -0.1) is 0 Å². The average Bonchev–Trinajstić information content (AvgIpc) is 2.96. The molecule has 1 fully saturated rings. The number of rotatable bonds is 1. The highest BCUT2D eigenvalue weighted by atomic mass is 16.1. The molecule has 0 N–H and O–H groups in total. The molecule has 1 saturated heterocycles. The van der Waals surface area contributed by atoms with Gasteiger partial charge in [0.2, 0.25) is 0 Å². The summed E-state index contributed by atoms with van der Waals surface area (Å²) >= 11 is 0. The van der Waals surface area contributed by atoms with E-state index >= 15 is 0 Å². The van der Waals surface area contributed by atoms with Crippen LogP contribution in [0.2, 0.25) is 0 Å². The molecule has 5 heteroatoms. The molecule has 1 aromatic heterocycles. The summed E-state index contributed by atoms with van der Waals surface area (Å²) in [6, 6.07) is 0. The van der Waals surface area contributed by atoms with Crippen molar-refractivity contribution in [1.82, 2.24) is 14.9 Å². The van der Waals surface area contributed by atoms with E-state index in [0.717, 1.165) is 6.29 Å². The van der Waals surface area contributed by atoms with Crippen molar-refractivity contribution in [2.24, 2.45) is 0 Å². The molecule has 2 heterocycles. The van der Waals surface area contributed by atoms with Crippen molar-refractivity contribution < 1.29 is 9.59 Å². The molecule has 0 spiro atoms. The Bertz CT molecular complexity index is 309. The fourth-order valence-electron chi connectivity index (χ4n) is 1.34. The number of nitrogens with zero attached hydrogens (tertiary/aromatic N) is 3. The number of carbonyl (C=O) groups is 2. The van der Waals surface area contributed by atoms with Crippen LogP contribution < -0.4 is 0 Å². The lowest BCUT2D eigenvalue weighted by atomic mass is 10.4. The predicted octanol–water partition coefficient (Wildman–Crippen LogP) is 2.15. The van der Waals surface area contributed by atoms with Crippen LogP contribution in [0.15, 0.2) is 12.4 Å². The van der Waals surface area contributed by atoms with Crippen molar-refractivity contribution in [3.8, 4) is 0 Å². The van der Waals surface area contributed by atoms with Crippen LogP contribution in [-0.2, 0) is 4.79 Å². The molecule has 0 bridgehead atoms.